The molecule has 1 aromatic heterocycles. The van der Waals surface area contributed by atoms with E-state index in [1.54, 1.807) is 6.20 Å². The molecule has 1 fully saturated rings. The third-order valence-corrected chi connectivity index (χ3v) is 4.47. The molecule has 6 heteroatoms. The first-order valence-electron chi connectivity index (χ1n) is 6.79. The lowest BCUT2D eigenvalue weighted by Crippen LogP contribution is -2.32. The molecular weight excluding hydrogens is 316 g/mol. The van der Waals surface area contributed by atoms with E-state index in [-0.39, 0.29) is 24.8 Å². The minimum Gasteiger partial charge on any atom is -0.322 e. The number of aromatic nitrogens is 2. The van der Waals surface area contributed by atoms with Crippen LogP contribution in [0.15, 0.2) is 10.7 Å². The van der Waals surface area contributed by atoms with Gasteiger partial charge in [0.25, 0.3) is 0 Å². The molecule has 2 N–H and O–H groups in total. The molecule has 0 aliphatic heterocycles. The maximum atomic E-state index is 13.2. The van der Waals surface area contributed by atoms with Crippen LogP contribution in [0, 0.1) is 5.92 Å². The summed E-state index contributed by atoms with van der Waals surface area (Å²) in [6.45, 7) is 2.88. The molecular formula is C13H20BrF2N3. The van der Waals surface area contributed by atoms with Crippen LogP contribution in [0.25, 0.3) is 0 Å². The van der Waals surface area contributed by atoms with Gasteiger partial charge in [0.05, 0.1) is 22.4 Å². The average Bonchev–Trinajstić information content (AvgIpc) is 2.70. The van der Waals surface area contributed by atoms with Crippen LogP contribution in [0.4, 0.5) is 8.78 Å². The molecule has 0 radical (unpaired) electrons. The molecule has 1 saturated carbocycles. The molecule has 2 rings (SSSR count). The van der Waals surface area contributed by atoms with Gasteiger partial charge in [-0.1, -0.05) is 6.92 Å². The van der Waals surface area contributed by atoms with E-state index in [0.717, 1.165) is 23.1 Å². The standard InChI is InChI=1S/C13H20BrF2N3/c1-2-7-19-12(10(14)8-18-19)11(17)9-3-5-13(15,16)6-4-9/h8-9,11H,2-7,17H2,1H3. The molecule has 1 atom stereocenters. The smallest absolute Gasteiger partial charge is 0.248 e. The van der Waals surface area contributed by atoms with Crippen molar-refractivity contribution in [3.63, 3.8) is 0 Å². The Morgan fingerprint density at radius 2 is 2.16 bits per heavy atom. The van der Waals surface area contributed by atoms with Crippen molar-refractivity contribution in [3.05, 3.63) is 16.4 Å². The van der Waals surface area contributed by atoms with Gasteiger partial charge in [-0.05, 0) is 41.1 Å². The summed E-state index contributed by atoms with van der Waals surface area (Å²) in [4.78, 5) is 0. The van der Waals surface area contributed by atoms with E-state index in [1.165, 1.54) is 0 Å². The van der Waals surface area contributed by atoms with Crippen molar-refractivity contribution in [2.75, 3.05) is 0 Å². The highest BCUT2D eigenvalue weighted by molar-refractivity contribution is 9.10. The van der Waals surface area contributed by atoms with Gasteiger partial charge in [0.2, 0.25) is 5.92 Å². The second-order valence-corrected chi connectivity index (χ2v) is 6.17. The zero-order valence-corrected chi connectivity index (χ0v) is 12.7. The minimum atomic E-state index is -2.50. The Balaban J connectivity index is 2.11. The van der Waals surface area contributed by atoms with Gasteiger partial charge in [0, 0.05) is 19.4 Å². The average molecular weight is 336 g/mol. The molecule has 0 bridgehead atoms. The van der Waals surface area contributed by atoms with E-state index in [2.05, 4.69) is 28.0 Å². The Hall–Kier alpha value is -0.490. The van der Waals surface area contributed by atoms with E-state index in [4.69, 9.17) is 5.73 Å². The molecule has 0 spiro atoms. The van der Waals surface area contributed by atoms with E-state index < -0.39 is 5.92 Å². The monoisotopic (exact) mass is 335 g/mol. The predicted molar refractivity (Wildman–Crippen MR) is 74.1 cm³/mol. The highest BCUT2D eigenvalue weighted by Crippen LogP contribution is 2.41. The molecule has 0 amide bonds. The lowest BCUT2D eigenvalue weighted by molar-refractivity contribution is -0.0486. The molecule has 0 saturated heterocycles. The summed E-state index contributed by atoms with van der Waals surface area (Å²) in [6.07, 6.45) is 3.57. The number of halogens is 3. The maximum Gasteiger partial charge on any atom is 0.248 e. The number of aryl methyl sites for hydroxylation is 1. The summed E-state index contributed by atoms with van der Waals surface area (Å²) < 4.78 is 29.2. The van der Waals surface area contributed by atoms with E-state index in [9.17, 15) is 8.78 Å². The van der Waals surface area contributed by atoms with Crippen LogP contribution in [0.5, 0.6) is 0 Å². The summed E-state index contributed by atoms with van der Waals surface area (Å²) in [5.41, 5.74) is 7.24. The van der Waals surface area contributed by atoms with Crippen molar-refractivity contribution in [2.45, 2.75) is 57.5 Å². The minimum absolute atomic E-state index is 0.0507. The van der Waals surface area contributed by atoms with Crippen LogP contribution in [0.1, 0.15) is 50.8 Å². The van der Waals surface area contributed by atoms with Crippen molar-refractivity contribution in [1.82, 2.24) is 9.78 Å². The zero-order valence-electron chi connectivity index (χ0n) is 11.1. The van der Waals surface area contributed by atoms with Crippen molar-refractivity contribution >= 4 is 15.9 Å². The van der Waals surface area contributed by atoms with Crippen LogP contribution in [0.2, 0.25) is 0 Å². The number of nitrogens with zero attached hydrogens (tertiary/aromatic N) is 2. The Morgan fingerprint density at radius 3 is 2.74 bits per heavy atom. The molecule has 3 nitrogen and oxygen atoms in total. The van der Waals surface area contributed by atoms with Gasteiger partial charge in [-0.3, -0.25) is 4.68 Å². The van der Waals surface area contributed by atoms with Gasteiger partial charge in [0.15, 0.2) is 0 Å². The number of hydrogen-bond acceptors (Lipinski definition) is 2. The topological polar surface area (TPSA) is 43.8 Å². The van der Waals surface area contributed by atoms with E-state index >= 15 is 0 Å². The first-order chi connectivity index (χ1) is 8.94. The van der Waals surface area contributed by atoms with Gasteiger partial charge < -0.3 is 5.73 Å². The summed E-state index contributed by atoms with van der Waals surface area (Å²) >= 11 is 3.47. The van der Waals surface area contributed by atoms with E-state index in [1.807, 2.05) is 4.68 Å². The molecule has 1 aliphatic carbocycles. The predicted octanol–water partition coefficient (Wildman–Crippen LogP) is 3.88. The summed E-state index contributed by atoms with van der Waals surface area (Å²) in [6, 6.07) is -0.223. The van der Waals surface area contributed by atoms with Gasteiger partial charge in [-0.25, -0.2) is 8.78 Å². The number of hydrogen-bond donors (Lipinski definition) is 1. The lowest BCUT2D eigenvalue weighted by Gasteiger charge is -2.32. The highest BCUT2D eigenvalue weighted by atomic mass is 79.9. The first kappa shape index (κ1) is 14.9. The largest absolute Gasteiger partial charge is 0.322 e. The Morgan fingerprint density at radius 1 is 1.53 bits per heavy atom. The summed E-state index contributed by atoms with van der Waals surface area (Å²) in [5.74, 6) is -2.39. The first-order valence-corrected chi connectivity index (χ1v) is 7.58. The normalized spacial score (nSPS) is 21.5. The fourth-order valence-corrected chi connectivity index (χ4v) is 3.30. The molecule has 1 aromatic rings. The number of alkyl halides is 2. The SMILES string of the molecule is CCCn1ncc(Br)c1C(N)C1CCC(F)(F)CC1. The third-order valence-electron chi connectivity index (χ3n) is 3.85. The van der Waals surface area contributed by atoms with Gasteiger partial charge in [0.1, 0.15) is 0 Å². The fraction of sp³-hybridized carbons (Fsp3) is 0.769. The molecule has 1 unspecified atom stereocenters. The summed E-state index contributed by atoms with van der Waals surface area (Å²) in [7, 11) is 0. The fourth-order valence-electron chi connectivity index (χ4n) is 2.74. The van der Waals surface area contributed by atoms with Crippen LogP contribution in [0.3, 0.4) is 0 Å². The van der Waals surface area contributed by atoms with Crippen molar-refractivity contribution in [3.8, 4) is 0 Å². The van der Waals surface area contributed by atoms with Gasteiger partial charge in [-0.2, -0.15) is 5.10 Å². The van der Waals surface area contributed by atoms with Crippen molar-refractivity contribution < 1.29 is 8.78 Å². The molecule has 108 valence electrons. The lowest BCUT2D eigenvalue weighted by atomic mass is 9.81. The molecule has 1 aliphatic rings. The third kappa shape index (κ3) is 3.34. The molecule has 19 heavy (non-hydrogen) atoms. The Labute approximate surface area is 120 Å². The van der Waals surface area contributed by atoms with Gasteiger partial charge in [-0.15, -0.1) is 0 Å². The molecule has 1 heterocycles. The van der Waals surface area contributed by atoms with Crippen molar-refractivity contribution in [1.29, 1.82) is 0 Å². The second kappa shape index (κ2) is 5.87. The zero-order chi connectivity index (χ0) is 14.0. The Kier molecular flexibility index (Phi) is 4.61. The number of rotatable bonds is 4. The van der Waals surface area contributed by atoms with Crippen LogP contribution in [-0.2, 0) is 6.54 Å². The molecule has 0 aromatic carbocycles. The van der Waals surface area contributed by atoms with Crippen LogP contribution < -0.4 is 5.73 Å². The second-order valence-electron chi connectivity index (χ2n) is 5.32. The van der Waals surface area contributed by atoms with Crippen LogP contribution >= 0.6 is 15.9 Å². The van der Waals surface area contributed by atoms with E-state index in [0.29, 0.717) is 12.8 Å². The number of nitrogens with two attached hydrogens (primary N) is 1. The van der Waals surface area contributed by atoms with Crippen LogP contribution in [-0.4, -0.2) is 15.7 Å². The van der Waals surface area contributed by atoms with Crippen molar-refractivity contribution in [2.24, 2.45) is 11.7 Å². The maximum absolute atomic E-state index is 13.2. The quantitative estimate of drug-likeness (QED) is 0.907. The van der Waals surface area contributed by atoms with Gasteiger partial charge >= 0.3 is 0 Å². The summed E-state index contributed by atoms with van der Waals surface area (Å²) in [5, 5.41) is 4.29. The highest BCUT2D eigenvalue weighted by Gasteiger charge is 2.38. The Bertz CT molecular complexity index is 424.